The summed E-state index contributed by atoms with van der Waals surface area (Å²) in [6.07, 6.45) is 1.61. The quantitative estimate of drug-likeness (QED) is 0.744. The standard InChI is InChI=1S/C10H16N2O2/c1-7(11)10(2,13)9-8(14-3)5-4-6-12-9/h4-7,13H,11H2,1-3H3. The fourth-order valence-electron chi connectivity index (χ4n) is 1.15. The van der Waals surface area contributed by atoms with Gasteiger partial charge in [0.2, 0.25) is 0 Å². The van der Waals surface area contributed by atoms with Crippen LogP contribution >= 0.6 is 0 Å². The van der Waals surface area contributed by atoms with Crippen molar-refractivity contribution in [3.05, 3.63) is 24.0 Å². The highest BCUT2D eigenvalue weighted by Crippen LogP contribution is 2.29. The van der Waals surface area contributed by atoms with Crippen molar-refractivity contribution in [2.24, 2.45) is 5.73 Å². The van der Waals surface area contributed by atoms with Gasteiger partial charge in [0.05, 0.1) is 7.11 Å². The third kappa shape index (κ3) is 1.86. The van der Waals surface area contributed by atoms with E-state index in [2.05, 4.69) is 4.98 Å². The Morgan fingerprint density at radius 2 is 2.29 bits per heavy atom. The zero-order valence-corrected chi connectivity index (χ0v) is 8.69. The van der Waals surface area contributed by atoms with Crippen LogP contribution in [0.15, 0.2) is 18.3 Å². The fraction of sp³-hybridized carbons (Fsp3) is 0.500. The van der Waals surface area contributed by atoms with E-state index in [1.165, 1.54) is 7.11 Å². The summed E-state index contributed by atoms with van der Waals surface area (Å²) in [4.78, 5) is 4.09. The first-order chi connectivity index (χ1) is 6.50. The van der Waals surface area contributed by atoms with Crippen LogP contribution in [0.4, 0.5) is 0 Å². The number of rotatable bonds is 3. The van der Waals surface area contributed by atoms with Gasteiger partial charge in [0.25, 0.3) is 0 Å². The summed E-state index contributed by atoms with van der Waals surface area (Å²) in [5.41, 5.74) is 4.98. The number of ether oxygens (including phenoxy) is 1. The van der Waals surface area contributed by atoms with Crippen LogP contribution in [0.2, 0.25) is 0 Å². The molecular formula is C10H16N2O2. The average Bonchev–Trinajstić information content (AvgIpc) is 2.17. The summed E-state index contributed by atoms with van der Waals surface area (Å²) < 4.78 is 5.10. The fourth-order valence-corrected chi connectivity index (χ4v) is 1.15. The minimum absolute atomic E-state index is 0.411. The molecule has 0 aromatic carbocycles. The summed E-state index contributed by atoms with van der Waals surface area (Å²) in [5.74, 6) is 0.551. The largest absolute Gasteiger partial charge is 0.495 e. The van der Waals surface area contributed by atoms with E-state index >= 15 is 0 Å². The van der Waals surface area contributed by atoms with E-state index in [-0.39, 0.29) is 0 Å². The Hall–Kier alpha value is -1.13. The SMILES string of the molecule is COc1cccnc1C(C)(O)C(C)N. The van der Waals surface area contributed by atoms with E-state index in [0.29, 0.717) is 11.4 Å². The summed E-state index contributed by atoms with van der Waals surface area (Å²) in [6, 6.07) is 3.09. The van der Waals surface area contributed by atoms with E-state index in [0.717, 1.165) is 0 Å². The molecule has 3 N–H and O–H groups in total. The van der Waals surface area contributed by atoms with Gasteiger partial charge in [0.1, 0.15) is 17.0 Å². The molecule has 0 aliphatic heterocycles. The number of pyridine rings is 1. The molecule has 0 aliphatic carbocycles. The van der Waals surface area contributed by atoms with E-state index < -0.39 is 11.6 Å². The van der Waals surface area contributed by atoms with Crippen molar-refractivity contribution in [3.8, 4) is 5.75 Å². The van der Waals surface area contributed by atoms with Crippen LogP contribution in [0.1, 0.15) is 19.5 Å². The first-order valence-corrected chi connectivity index (χ1v) is 4.47. The average molecular weight is 196 g/mol. The van der Waals surface area contributed by atoms with E-state index in [1.54, 1.807) is 32.2 Å². The molecule has 0 bridgehead atoms. The smallest absolute Gasteiger partial charge is 0.143 e. The summed E-state index contributed by atoms with van der Waals surface area (Å²) in [7, 11) is 1.54. The molecule has 0 aliphatic rings. The normalized spacial score (nSPS) is 17.2. The van der Waals surface area contributed by atoms with Crippen molar-refractivity contribution in [1.82, 2.24) is 4.98 Å². The Labute approximate surface area is 83.7 Å². The van der Waals surface area contributed by atoms with Gasteiger partial charge in [-0.1, -0.05) is 0 Å². The van der Waals surface area contributed by atoms with Gasteiger partial charge >= 0.3 is 0 Å². The lowest BCUT2D eigenvalue weighted by atomic mass is 9.93. The van der Waals surface area contributed by atoms with Gasteiger partial charge in [-0.2, -0.15) is 0 Å². The van der Waals surface area contributed by atoms with Gasteiger partial charge in [-0.05, 0) is 26.0 Å². The van der Waals surface area contributed by atoms with Gasteiger partial charge in [0.15, 0.2) is 0 Å². The van der Waals surface area contributed by atoms with Gasteiger partial charge in [-0.3, -0.25) is 4.98 Å². The van der Waals surface area contributed by atoms with Crippen molar-refractivity contribution in [2.45, 2.75) is 25.5 Å². The Balaban J connectivity index is 3.17. The zero-order valence-electron chi connectivity index (χ0n) is 8.69. The number of nitrogens with two attached hydrogens (primary N) is 1. The zero-order chi connectivity index (χ0) is 10.8. The first kappa shape index (κ1) is 10.9. The molecule has 14 heavy (non-hydrogen) atoms. The predicted octanol–water partition coefficient (Wildman–Crippen LogP) is 0.645. The number of aliphatic hydroxyl groups is 1. The highest BCUT2D eigenvalue weighted by Gasteiger charge is 2.32. The van der Waals surface area contributed by atoms with Crippen LogP contribution in [0.25, 0.3) is 0 Å². The summed E-state index contributed by atoms with van der Waals surface area (Å²) in [5, 5.41) is 10.1. The van der Waals surface area contributed by atoms with Crippen molar-refractivity contribution in [3.63, 3.8) is 0 Å². The first-order valence-electron chi connectivity index (χ1n) is 4.47. The van der Waals surface area contributed by atoms with Gasteiger partial charge in [-0.25, -0.2) is 0 Å². The maximum absolute atomic E-state index is 10.1. The molecule has 0 saturated carbocycles. The van der Waals surface area contributed by atoms with Crippen LogP contribution in [-0.2, 0) is 5.60 Å². The van der Waals surface area contributed by atoms with Gasteiger partial charge in [-0.15, -0.1) is 0 Å². The molecule has 1 heterocycles. The lowest BCUT2D eigenvalue weighted by molar-refractivity contribution is 0.0280. The lowest BCUT2D eigenvalue weighted by Gasteiger charge is -2.27. The van der Waals surface area contributed by atoms with Crippen molar-refractivity contribution in [2.75, 3.05) is 7.11 Å². The highest BCUT2D eigenvalue weighted by atomic mass is 16.5. The topological polar surface area (TPSA) is 68.4 Å². The molecule has 4 nitrogen and oxygen atoms in total. The third-order valence-corrected chi connectivity index (χ3v) is 2.36. The molecule has 2 atom stereocenters. The van der Waals surface area contributed by atoms with Crippen LogP contribution in [0, 0.1) is 0 Å². The minimum atomic E-state index is -1.17. The molecule has 1 aromatic rings. The van der Waals surface area contributed by atoms with Crippen LogP contribution < -0.4 is 10.5 Å². The molecule has 0 amide bonds. The number of hydrogen-bond acceptors (Lipinski definition) is 4. The maximum atomic E-state index is 10.1. The number of methoxy groups -OCH3 is 1. The van der Waals surface area contributed by atoms with Crippen molar-refractivity contribution < 1.29 is 9.84 Å². The monoisotopic (exact) mass is 196 g/mol. The van der Waals surface area contributed by atoms with Crippen LogP contribution in [-0.4, -0.2) is 23.2 Å². The van der Waals surface area contributed by atoms with Gasteiger partial charge < -0.3 is 15.6 Å². The second-order valence-electron chi connectivity index (χ2n) is 3.49. The highest BCUT2D eigenvalue weighted by molar-refractivity contribution is 5.32. The Kier molecular flexibility index (Phi) is 3.08. The molecule has 0 saturated heterocycles. The van der Waals surface area contributed by atoms with Crippen LogP contribution in [0.3, 0.4) is 0 Å². The minimum Gasteiger partial charge on any atom is -0.495 e. The van der Waals surface area contributed by atoms with Crippen LogP contribution in [0.5, 0.6) is 5.75 Å². The molecule has 0 spiro atoms. The van der Waals surface area contributed by atoms with Crippen molar-refractivity contribution in [1.29, 1.82) is 0 Å². The Morgan fingerprint density at radius 3 is 2.79 bits per heavy atom. The maximum Gasteiger partial charge on any atom is 0.143 e. The third-order valence-electron chi connectivity index (χ3n) is 2.36. The summed E-state index contributed by atoms with van der Waals surface area (Å²) in [6.45, 7) is 3.36. The number of nitrogens with zero attached hydrogens (tertiary/aromatic N) is 1. The molecule has 2 unspecified atom stereocenters. The molecular weight excluding hydrogens is 180 g/mol. The molecule has 1 aromatic heterocycles. The summed E-state index contributed by atoms with van der Waals surface area (Å²) >= 11 is 0. The second kappa shape index (κ2) is 3.94. The molecule has 0 radical (unpaired) electrons. The molecule has 1 rings (SSSR count). The predicted molar refractivity (Wildman–Crippen MR) is 54.0 cm³/mol. The lowest BCUT2D eigenvalue weighted by Crippen LogP contribution is -2.41. The Morgan fingerprint density at radius 1 is 1.64 bits per heavy atom. The van der Waals surface area contributed by atoms with E-state index in [1.807, 2.05) is 0 Å². The molecule has 78 valence electrons. The van der Waals surface area contributed by atoms with Gasteiger partial charge in [0, 0.05) is 12.2 Å². The Bertz CT molecular complexity index is 311. The van der Waals surface area contributed by atoms with E-state index in [4.69, 9.17) is 10.5 Å². The van der Waals surface area contributed by atoms with Crippen molar-refractivity contribution >= 4 is 0 Å². The molecule has 4 heteroatoms. The molecule has 0 fully saturated rings. The number of hydrogen-bond donors (Lipinski definition) is 2. The second-order valence-corrected chi connectivity index (χ2v) is 3.49. The van der Waals surface area contributed by atoms with E-state index in [9.17, 15) is 5.11 Å². The number of aromatic nitrogens is 1.